The van der Waals surface area contributed by atoms with Gasteiger partial charge in [-0.2, -0.15) is 8.78 Å². The summed E-state index contributed by atoms with van der Waals surface area (Å²) < 4.78 is 32.1. The molecule has 0 bridgehead atoms. The van der Waals surface area contributed by atoms with Crippen molar-refractivity contribution in [2.24, 2.45) is 0 Å². The van der Waals surface area contributed by atoms with Gasteiger partial charge in [0.05, 0.1) is 11.1 Å². The number of H-pyrrole nitrogens is 1. The molecule has 0 radical (unpaired) electrons. The number of nitrogens with one attached hydrogen (secondary N) is 1. The van der Waals surface area contributed by atoms with Crippen LogP contribution in [0.5, 0.6) is 5.75 Å². The number of rotatable bonds is 3. The van der Waals surface area contributed by atoms with E-state index in [-0.39, 0.29) is 5.75 Å². The normalized spacial score (nSPS) is 12.3. The molecule has 0 unspecified atom stereocenters. The van der Waals surface area contributed by atoms with Gasteiger partial charge in [0, 0.05) is 12.5 Å². The molecule has 0 aliphatic carbocycles. The molecule has 1 aromatic heterocycles. The second-order valence-corrected chi connectivity index (χ2v) is 5.55. The first kappa shape index (κ1) is 13.9. The number of nitrogens with zero attached hydrogens (tertiary/aromatic N) is 1. The number of hydrogen-bond donors (Lipinski definition) is 1. The van der Waals surface area contributed by atoms with Crippen LogP contribution in [-0.2, 0) is 6.54 Å². The number of hydrogen-bond acceptors (Lipinski definition) is 1. The largest absolute Gasteiger partial charge is 0.434 e. The molecular weight excluding hydrogens is 298 g/mol. The quantitative estimate of drug-likeness (QED) is 0.571. The number of alkyl halides is 2. The van der Waals surface area contributed by atoms with E-state index in [1.165, 1.54) is 5.56 Å². The fourth-order valence-electron chi connectivity index (χ4n) is 3.18. The molecule has 0 fully saturated rings. The van der Waals surface area contributed by atoms with Crippen LogP contribution in [-0.4, -0.2) is 11.6 Å². The zero-order valence-electron chi connectivity index (χ0n) is 12.5. The summed E-state index contributed by atoms with van der Waals surface area (Å²) in [5, 5.41) is 0. The highest BCUT2D eigenvalue weighted by Gasteiger charge is 2.32. The standard InChI is InChI=1S/C18H14F2N2O/c1-11-16(14-8-4-5-9-15(14)23-18(19)20)21-17-13-7-3-2-6-12(13)10-22(11)17/h2-9,18H,10H2,1H3/p+1. The van der Waals surface area contributed by atoms with Crippen LogP contribution < -0.4 is 9.30 Å². The number of fused-ring (bicyclic) bond motifs is 3. The molecule has 5 heteroatoms. The van der Waals surface area contributed by atoms with Crippen molar-refractivity contribution >= 4 is 0 Å². The van der Waals surface area contributed by atoms with Gasteiger partial charge in [0.1, 0.15) is 18.0 Å². The predicted octanol–water partition coefficient (Wildman–Crippen LogP) is 3.91. The van der Waals surface area contributed by atoms with Crippen molar-refractivity contribution in [1.29, 1.82) is 0 Å². The van der Waals surface area contributed by atoms with Crippen LogP contribution in [0.1, 0.15) is 11.3 Å². The average molecular weight is 313 g/mol. The summed E-state index contributed by atoms with van der Waals surface area (Å²) in [6, 6.07) is 15.0. The molecule has 4 rings (SSSR count). The summed E-state index contributed by atoms with van der Waals surface area (Å²) in [6.45, 7) is -0.0712. The highest BCUT2D eigenvalue weighted by molar-refractivity contribution is 5.71. The SMILES string of the molecule is Cc1c(-c2ccccc2OC(F)F)[nH]c2[n+]1Cc1ccccc1-2. The molecule has 2 aromatic carbocycles. The van der Waals surface area contributed by atoms with Gasteiger partial charge in [-0.1, -0.05) is 30.3 Å². The van der Waals surface area contributed by atoms with Gasteiger partial charge in [-0.25, -0.2) is 9.55 Å². The molecule has 23 heavy (non-hydrogen) atoms. The fraction of sp³-hybridized carbons (Fsp3) is 0.167. The Hall–Kier alpha value is -2.69. The van der Waals surface area contributed by atoms with E-state index in [1.807, 2.05) is 25.1 Å². The maximum atomic E-state index is 12.6. The van der Waals surface area contributed by atoms with Crippen LogP contribution in [0.4, 0.5) is 8.78 Å². The summed E-state index contributed by atoms with van der Waals surface area (Å²) in [4.78, 5) is 3.39. The highest BCUT2D eigenvalue weighted by Crippen LogP contribution is 2.35. The lowest BCUT2D eigenvalue weighted by Crippen LogP contribution is -2.33. The summed E-state index contributed by atoms with van der Waals surface area (Å²) >= 11 is 0. The average Bonchev–Trinajstić information content (AvgIpc) is 3.05. The Balaban J connectivity index is 1.85. The van der Waals surface area contributed by atoms with Gasteiger partial charge < -0.3 is 4.74 Å². The lowest BCUT2D eigenvalue weighted by Gasteiger charge is -2.08. The van der Waals surface area contributed by atoms with Gasteiger partial charge in [0.25, 0.3) is 5.82 Å². The van der Waals surface area contributed by atoms with Crippen LogP contribution in [0, 0.1) is 6.92 Å². The molecule has 0 spiro atoms. The first-order valence-electron chi connectivity index (χ1n) is 7.40. The van der Waals surface area contributed by atoms with Gasteiger partial charge >= 0.3 is 6.61 Å². The second-order valence-electron chi connectivity index (χ2n) is 5.55. The number of halogens is 2. The minimum Gasteiger partial charge on any atom is -0.434 e. The Morgan fingerprint density at radius 1 is 1.04 bits per heavy atom. The van der Waals surface area contributed by atoms with Gasteiger partial charge in [0.15, 0.2) is 5.69 Å². The van der Waals surface area contributed by atoms with Crippen molar-refractivity contribution in [3.05, 3.63) is 59.8 Å². The third-order valence-corrected chi connectivity index (χ3v) is 4.25. The van der Waals surface area contributed by atoms with Crippen molar-refractivity contribution in [3.63, 3.8) is 0 Å². The molecule has 0 atom stereocenters. The maximum Gasteiger partial charge on any atom is 0.387 e. The lowest BCUT2D eigenvalue weighted by atomic mass is 10.1. The number of aromatic nitrogens is 2. The van der Waals surface area contributed by atoms with E-state index in [0.717, 1.165) is 29.3 Å². The van der Waals surface area contributed by atoms with E-state index in [9.17, 15) is 8.78 Å². The molecule has 0 saturated heterocycles. The summed E-state index contributed by atoms with van der Waals surface area (Å²) in [6.07, 6.45) is 0. The van der Waals surface area contributed by atoms with Gasteiger partial charge in [-0.3, -0.25) is 0 Å². The van der Waals surface area contributed by atoms with Crippen LogP contribution >= 0.6 is 0 Å². The maximum absolute atomic E-state index is 12.6. The summed E-state index contributed by atoms with van der Waals surface area (Å²) in [5.74, 6) is 1.18. The minimum atomic E-state index is -2.84. The first-order valence-corrected chi connectivity index (χ1v) is 7.40. The van der Waals surface area contributed by atoms with Crippen LogP contribution in [0.15, 0.2) is 48.5 Å². The molecule has 0 saturated carbocycles. The van der Waals surface area contributed by atoms with E-state index in [2.05, 4.69) is 26.4 Å². The van der Waals surface area contributed by atoms with E-state index in [0.29, 0.717) is 5.56 Å². The smallest absolute Gasteiger partial charge is 0.387 e. The topological polar surface area (TPSA) is 28.9 Å². The Kier molecular flexibility index (Phi) is 3.15. The third-order valence-electron chi connectivity index (χ3n) is 4.25. The van der Waals surface area contributed by atoms with E-state index >= 15 is 0 Å². The molecule has 1 N–H and O–H groups in total. The molecule has 3 nitrogen and oxygen atoms in total. The van der Waals surface area contributed by atoms with Crippen LogP contribution in [0.25, 0.3) is 22.6 Å². The number of aromatic amines is 1. The Labute approximate surface area is 132 Å². The van der Waals surface area contributed by atoms with Crippen LogP contribution in [0.3, 0.4) is 0 Å². The Bertz CT molecular complexity index is 886. The zero-order valence-corrected chi connectivity index (χ0v) is 12.5. The van der Waals surface area contributed by atoms with Crippen molar-refractivity contribution in [1.82, 2.24) is 4.98 Å². The Morgan fingerprint density at radius 3 is 2.52 bits per heavy atom. The Morgan fingerprint density at radius 2 is 1.74 bits per heavy atom. The van der Waals surface area contributed by atoms with Gasteiger partial charge in [-0.15, -0.1) is 0 Å². The second kappa shape index (κ2) is 5.19. The van der Waals surface area contributed by atoms with Crippen LogP contribution in [0.2, 0.25) is 0 Å². The summed E-state index contributed by atoms with van der Waals surface area (Å²) in [7, 11) is 0. The molecule has 0 amide bonds. The van der Waals surface area contributed by atoms with Crippen molar-refractivity contribution < 1.29 is 18.1 Å². The molecule has 2 heterocycles. The molecule has 116 valence electrons. The monoisotopic (exact) mass is 313 g/mol. The van der Waals surface area contributed by atoms with Crippen molar-refractivity contribution in [2.75, 3.05) is 0 Å². The molecule has 3 aromatic rings. The van der Waals surface area contributed by atoms with E-state index in [1.54, 1.807) is 18.2 Å². The van der Waals surface area contributed by atoms with E-state index in [4.69, 9.17) is 0 Å². The minimum absolute atomic E-state index is 0.180. The molecule has 1 aliphatic heterocycles. The molecular formula is C18H15F2N2O+. The number of ether oxygens (including phenoxy) is 1. The summed E-state index contributed by atoms with van der Waals surface area (Å²) in [5.41, 5.74) is 4.86. The number of para-hydroxylation sites is 1. The number of imidazole rings is 1. The van der Waals surface area contributed by atoms with Crippen molar-refractivity contribution in [2.45, 2.75) is 20.1 Å². The molecule has 1 aliphatic rings. The van der Waals surface area contributed by atoms with Gasteiger partial charge in [0.2, 0.25) is 0 Å². The van der Waals surface area contributed by atoms with E-state index < -0.39 is 6.61 Å². The van der Waals surface area contributed by atoms with Gasteiger partial charge in [-0.05, 0) is 18.2 Å². The predicted molar refractivity (Wildman–Crippen MR) is 82.3 cm³/mol. The first-order chi connectivity index (χ1) is 11.1. The lowest BCUT2D eigenvalue weighted by molar-refractivity contribution is -0.676. The highest BCUT2D eigenvalue weighted by atomic mass is 19.3. The third kappa shape index (κ3) is 2.20. The fourth-order valence-corrected chi connectivity index (χ4v) is 3.18. The van der Waals surface area contributed by atoms with Crippen molar-refractivity contribution in [3.8, 4) is 28.4 Å². The number of benzene rings is 2. The zero-order chi connectivity index (χ0) is 16.0.